The monoisotopic (exact) mass is 265 g/mol. The van der Waals surface area contributed by atoms with E-state index in [4.69, 9.17) is 9.47 Å². The minimum absolute atomic E-state index is 0.0126. The molecule has 1 aromatic heterocycles. The molecular formula is C14H23N3O2. The molecule has 0 bridgehead atoms. The summed E-state index contributed by atoms with van der Waals surface area (Å²) >= 11 is 0. The second-order valence-electron chi connectivity index (χ2n) is 5.10. The molecule has 0 amide bonds. The van der Waals surface area contributed by atoms with Crippen LogP contribution in [-0.2, 0) is 4.74 Å². The van der Waals surface area contributed by atoms with Crippen LogP contribution in [0.15, 0.2) is 12.4 Å². The lowest BCUT2D eigenvalue weighted by Gasteiger charge is -2.34. The molecule has 0 saturated carbocycles. The van der Waals surface area contributed by atoms with Gasteiger partial charge < -0.3 is 14.8 Å². The van der Waals surface area contributed by atoms with Gasteiger partial charge >= 0.3 is 0 Å². The van der Waals surface area contributed by atoms with E-state index in [1.165, 1.54) is 0 Å². The van der Waals surface area contributed by atoms with Gasteiger partial charge in [-0.1, -0.05) is 6.92 Å². The SMILES string of the molecule is CCCNC(c1nccnc1OC)C1(C)CCCO1. The van der Waals surface area contributed by atoms with E-state index in [9.17, 15) is 0 Å². The molecule has 5 nitrogen and oxygen atoms in total. The summed E-state index contributed by atoms with van der Waals surface area (Å²) in [4.78, 5) is 8.71. The summed E-state index contributed by atoms with van der Waals surface area (Å²) in [6.45, 7) is 6.02. The molecule has 1 N–H and O–H groups in total. The highest BCUT2D eigenvalue weighted by Gasteiger charge is 2.41. The summed E-state index contributed by atoms with van der Waals surface area (Å²) in [6.07, 6.45) is 6.53. The zero-order chi connectivity index (χ0) is 13.7. The van der Waals surface area contributed by atoms with Gasteiger partial charge in [-0.05, 0) is 32.7 Å². The van der Waals surface area contributed by atoms with Crippen molar-refractivity contribution in [3.8, 4) is 5.88 Å². The van der Waals surface area contributed by atoms with Crippen LogP contribution in [0.3, 0.4) is 0 Å². The van der Waals surface area contributed by atoms with Crippen LogP contribution in [0, 0.1) is 0 Å². The van der Waals surface area contributed by atoms with Crippen LogP contribution in [0.25, 0.3) is 0 Å². The molecule has 2 rings (SSSR count). The molecule has 1 saturated heterocycles. The first-order valence-electron chi connectivity index (χ1n) is 6.93. The Morgan fingerprint density at radius 1 is 1.47 bits per heavy atom. The van der Waals surface area contributed by atoms with E-state index in [1.54, 1.807) is 19.5 Å². The maximum Gasteiger partial charge on any atom is 0.237 e. The molecule has 1 aliphatic heterocycles. The molecule has 0 aromatic carbocycles. The zero-order valence-electron chi connectivity index (χ0n) is 12.0. The Hall–Kier alpha value is -1.20. The first-order chi connectivity index (χ1) is 9.21. The van der Waals surface area contributed by atoms with E-state index in [1.807, 2.05) is 0 Å². The van der Waals surface area contributed by atoms with Crippen molar-refractivity contribution in [1.29, 1.82) is 0 Å². The summed E-state index contributed by atoms with van der Waals surface area (Å²) in [5.74, 6) is 0.577. The molecule has 106 valence electrons. The number of ether oxygens (including phenoxy) is 2. The zero-order valence-corrected chi connectivity index (χ0v) is 12.0. The molecule has 1 fully saturated rings. The molecule has 5 heteroatoms. The number of nitrogens with zero attached hydrogens (tertiary/aromatic N) is 2. The van der Waals surface area contributed by atoms with Gasteiger partial charge in [-0.15, -0.1) is 0 Å². The second kappa shape index (κ2) is 6.30. The Morgan fingerprint density at radius 3 is 2.89 bits per heavy atom. The highest BCUT2D eigenvalue weighted by Crippen LogP contribution is 2.38. The fraction of sp³-hybridized carbons (Fsp3) is 0.714. The molecule has 19 heavy (non-hydrogen) atoms. The van der Waals surface area contributed by atoms with Crippen LogP contribution in [0.2, 0.25) is 0 Å². The smallest absolute Gasteiger partial charge is 0.237 e. The van der Waals surface area contributed by atoms with Gasteiger partial charge in [-0.25, -0.2) is 4.98 Å². The van der Waals surface area contributed by atoms with Gasteiger partial charge in [0.1, 0.15) is 5.69 Å². The number of methoxy groups -OCH3 is 1. The first-order valence-corrected chi connectivity index (χ1v) is 6.93. The largest absolute Gasteiger partial charge is 0.480 e. The third-order valence-corrected chi connectivity index (χ3v) is 3.62. The van der Waals surface area contributed by atoms with Crippen LogP contribution in [0.1, 0.15) is 44.8 Å². The molecule has 0 spiro atoms. The van der Waals surface area contributed by atoms with Gasteiger partial charge in [0.15, 0.2) is 0 Å². The maximum atomic E-state index is 5.97. The molecule has 2 unspecified atom stereocenters. The summed E-state index contributed by atoms with van der Waals surface area (Å²) in [6, 6.07) is 0.0126. The Balaban J connectivity index is 2.31. The number of rotatable bonds is 6. The van der Waals surface area contributed by atoms with Crippen LogP contribution in [0.4, 0.5) is 0 Å². The Labute approximate surface area is 114 Å². The third kappa shape index (κ3) is 3.04. The van der Waals surface area contributed by atoms with Crippen molar-refractivity contribution < 1.29 is 9.47 Å². The van der Waals surface area contributed by atoms with Crippen molar-refractivity contribution in [2.24, 2.45) is 0 Å². The van der Waals surface area contributed by atoms with E-state index in [0.717, 1.165) is 38.1 Å². The lowest BCUT2D eigenvalue weighted by atomic mass is 9.90. The highest BCUT2D eigenvalue weighted by atomic mass is 16.5. The van der Waals surface area contributed by atoms with Crippen LogP contribution >= 0.6 is 0 Å². The van der Waals surface area contributed by atoms with E-state index >= 15 is 0 Å². The first kappa shape index (κ1) is 14.2. The maximum absolute atomic E-state index is 5.97. The molecule has 0 aliphatic carbocycles. The van der Waals surface area contributed by atoms with Crippen LogP contribution in [-0.4, -0.2) is 35.8 Å². The molecule has 1 aromatic rings. The van der Waals surface area contributed by atoms with Crippen molar-refractivity contribution in [1.82, 2.24) is 15.3 Å². The fourth-order valence-electron chi connectivity index (χ4n) is 2.61. The second-order valence-corrected chi connectivity index (χ2v) is 5.10. The van der Waals surface area contributed by atoms with Crippen molar-refractivity contribution in [2.45, 2.75) is 44.8 Å². The van der Waals surface area contributed by atoms with Gasteiger partial charge in [-0.3, -0.25) is 4.98 Å². The van der Waals surface area contributed by atoms with E-state index in [0.29, 0.717) is 5.88 Å². The molecular weight excluding hydrogens is 242 g/mol. The number of hydrogen-bond acceptors (Lipinski definition) is 5. The van der Waals surface area contributed by atoms with Crippen LogP contribution < -0.4 is 10.1 Å². The molecule has 2 heterocycles. The topological polar surface area (TPSA) is 56.3 Å². The van der Waals surface area contributed by atoms with Gasteiger partial charge in [0, 0.05) is 19.0 Å². The normalized spacial score (nSPS) is 24.4. The lowest BCUT2D eigenvalue weighted by molar-refractivity contribution is -0.0143. The highest BCUT2D eigenvalue weighted by molar-refractivity contribution is 5.24. The quantitative estimate of drug-likeness (QED) is 0.853. The van der Waals surface area contributed by atoms with Crippen molar-refractivity contribution in [3.63, 3.8) is 0 Å². The number of aromatic nitrogens is 2. The van der Waals surface area contributed by atoms with Crippen molar-refractivity contribution in [3.05, 3.63) is 18.1 Å². The Morgan fingerprint density at radius 2 is 2.26 bits per heavy atom. The third-order valence-electron chi connectivity index (χ3n) is 3.62. The molecule has 0 radical (unpaired) electrons. The predicted molar refractivity (Wildman–Crippen MR) is 73.2 cm³/mol. The summed E-state index contributed by atoms with van der Waals surface area (Å²) in [5, 5.41) is 3.54. The minimum atomic E-state index is -0.238. The molecule has 2 atom stereocenters. The number of nitrogens with one attached hydrogen (secondary N) is 1. The van der Waals surface area contributed by atoms with Gasteiger partial charge in [0.05, 0.1) is 18.8 Å². The van der Waals surface area contributed by atoms with E-state index in [2.05, 4.69) is 29.1 Å². The summed E-state index contributed by atoms with van der Waals surface area (Å²) < 4.78 is 11.3. The van der Waals surface area contributed by atoms with E-state index < -0.39 is 0 Å². The van der Waals surface area contributed by atoms with Crippen molar-refractivity contribution in [2.75, 3.05) is 20.3 Å². The average molecular weight is 265 g/mol. The molecule has 1 aliphatic rings. The summed E-state index contributed by atoms with van der Waals surface area (Å²) in [7, 11) is 1.63. The van der Waals surface area contributed by atoms with Gasteiger partial charge in [0.25, 0.3) is 0 Å². The van der Waals surface area contributed by atoms with Crippen LogP contribution in [0.5, 0.6) is 5.88 Å². The van der Waals surface area contributed by atoms with Crippen molar-refractivity contribution >= 4 is 0 Å². The van der Waals surface area contributed by atoms with E-state index in [-0.39, 0.29) is 11.6 Å². The number of hydrogen-bond donors (Lipinski definition) is 1. The Kier molecular flexibility index (Phi) is 4.71. The standard InChI is InChI=1S/C14H23N3O2/c1-4-7-16-12(14(2)6-5-10-19-14)11-13(18-3)17-9-8-15-11/h8-9,12,16H,4-7,10H2,1-3H3. The lowest BCUT2D eigenvalue weighted by Crippen LogP contribution is -2.42. The Bertz CT molecular complexity index is 405. The van der Waals surface area contributed by atoms with Gasteiger partial charge in [-0.2, -0.15) is 0 Å². The average Bonchev–Trinajstić information content (AvgIpc) is 2.87. The fourth-order valence-corrected chi connectivity index (χ4v) is 2.61. The van der Waals surface area contributed by atoms with Gasteiger partial charge in [0.2, 0.25) is 5.88 Å². The predicted octanol–water partition coefficient (Wildman–Crippen LogP) is 2.09. The summed E-state index contributed by atoms with van der Waals surface area (Å²) in [5.41, 5.74) is 0.598. The minimum Gasteiger partial charge on any atom is -0.480 e.